The van der Waals surface area contributed by atoms with Crippen molar-refractivity contribution in [3.8, 4) is 11.1 Å². The lowest BCUT2D eigenvalue weighted by molar-refractivity contribution is 0.586. The third-order valence-electron chi connectivity index (χ3n) is 3.07. The molecule has 0 atom stereocenters. The Kier molecular flexibility index (Phi) is 2.82. The van der Waals surface area contributed by atoms with Gasteiger partial charge >= 0.3 is 0 Å². The van der Waals surface area contributed by atoms with Crippen LogP contribution >= 0.6 is 0 Å². The molecule has 2 aromatic rings. The second-order valence-corrected chi connectivity index (χ2v) is 5.68. The van der Waals surface area contributed by atoms with Gasteiger partial charge in [0.1, 0.15) is 0 Å². The van der Waals surface area contributed by atoms with Crippen molar-refractivity contribution in [1.82, 2.24) is 9.78 Å². The van der Waals surface area contributed by atoms with Crippen LogP contribution in [0.25, 0.3) is 11.1 Å². The average molecular weight is 228 g/mol. The predicted octanol–water partition coefficient (Wildman–Crippen LogP) is 3.69. The van der Waals surface area contributed by atoms with Gasteiger partial charge in [0.2, 0.25) is 0 Å². The van der Waals surface area contributed by atoms with E-state index in [1.165, 1.54) is 22.3 Å². The van der Waals surface area contributed by atoms with E-state index >= 15 is 0 Å². The summed E-state index contributed by atoms with van der Waals surface area (Å²) in [4.78, 5) is 0. The fourth-order valence-corrected chi connectivity index (χ4v) is 2.26. The normalized spacial score (nSPS) is 11.8. The molecule has 0 saturated carbocycles. The molecule has 0 bridgehead atoms. The molecule has 0 spiro atoms. The molecule has 0 radical (unpaired) electrons. The summed E-state index contributed by atoms with van der Waals surface area (Å²) in [7, 11) is 1.94. The second kappa shape index (κ2) is 4.02. The van der Waals surface area contributed by atoms with Crippen LogP contribution in [0.15, 0.2) is 30.6 Å². The first-order valence-corrected chi connectivity index (χ1v) is 5.98. The summed E-state index contributed by atoms with van der Waals surface area (Å²) in [5.74, 6) is 0. The van der Waals surface area contributed by atoms with E-state index in [0.717, 1.165) is 0 Å². The molecule has 0 amide bonds. The van der Waals surface area contributed by atoms with Crippen LogP contribution in [-0.4, -0.2) is 9.78 Å². The van der Waals surface area contributed by atoms with Crippen molar-refractivity contribution in [2.75, 3.05) is 0 Å². The summed E-state index contributed by atoms with van der Waals surface area (Å²) >= 11 is 0. The fraction of sp³-hybridized carbons (Fsp3) is 0.400. The van der Waals surface area contributed by atoms with Crippen LogP contribution in [0.1, 0.15) is 31.9 Å². The largest absolute Gasteiger partial charge is 0.275 e. The molecular weight excluding hydrogens is 208 g/mol. The van der Waals surface area contributed by atoms with Crippen LogP contribution in [0.5, 0.6) is 0 Å². The Bertz CT molecular complexity index is 530. The summed E-state index contributed by atoms with van der Waals surface area (Å²) in [6.07, 6.45) is 3.96. The van der Waals surface area contributed by atoms with E-state index in [9.17, 15) is 0 Å². The van der Waals surface area contributed by atoms with E-state index in [1.807, 2.05) is 24.1 Å². The minimum Gasteiger partial charge on any atom is -0.275 e. The highest BCUT2D eigenvalue weighted by Gasteiger charge is 2.16. The Labute approximate surface area is 103 Å². The molecule has 2 nitrogen and oxygen atoms in total. The first-order chi connectivity index (χ1) is 7.88. The van der Waals surface area contributed by atoms with Crippen LogP contribution in [0.2, 0.25) is 0 Å². The molecule has 0 saturated heterocycles. The lowest BCUT2D eigenvalue weighted by Crippen LogP contribution is -2.12. The Morgan fingerprint density at radius 1 is 1.12 bits per heavy atom. The summed E-state index contributed by atoms with van der Waals surface area (Å²) in [5, 5.41) is 4.21. The van der Waals surface area contributed by atoms with Crippen molar-refractivity contribution in [2.45, 2.75) is 33.1 Å². The zero-order valence-electron chi connectivity index (χ0n) is 11.3. The SMILES string of the molecule is Cc1cc(-c2cnn(C)c2)ccc1C(C)(C)C. The van der Waals surface area contributed by atoms with Gasteiger partial charge in [0, 0.05) is 18.8 Å². The van der Waals surface area contributed by atoms with Crippen LogP contribution in [-0.2, 0) is 12.5 Å². The van der Waals surface area contributed by atoms with Crippen molar-refractivity contribution >= 4 is 0 Å². The molecule has 0 fully saturated rings. The zero-order valence-corrected chi connectivity index (χ0v) is 11.3. The Morgan fingerprint density at radius 2 is 1.82 bits per heavy atom. The number of nitrogens with zero attached hydrogens (tertiary/aromatic N) is 2. The molecule has 0 aliphatic heterocycles. The first kappa shape index (κ1) is 11.9. The van der Waals surface area contributed by atoms with Gasteiger partial charge in [0.25, 0.3) is 0 Å². The van der Waals surface area contributed by atoms with E-state index in [2.05, 4.69) is 51.0 Å². The molecule has 1 heterocycles. The topological polar surface area (TPSA) is 17.8 Å². The Hall–Kier alpha value is -1.57. The third kappa shape index (κ3) is 2.41. The van der Waals surface area contributed by atoms with E-state index in [-0.39, 0.29) is 5.41 Å². The van der Waals surface area contributed by atoms with Gasteiger partial charge in [-0.05, 0) is 29.0 Å². The predicted molar refractivity (Wildman–Crippen MR) is 72.1 cm³/mol. The summed E-state index contributed by atoms with van der Waals surface area (Å²) < 4.78 is 1.84. The molecule has 0 aliphatic rings. The van der Waals surface area contributed by atoms with Gasteiger partial charge in [0.05, 0.1) is 6.20 Å². The van der Waals surface area contributed by atoms with Crippen LogP contribution in [0.3, 0.4) is 0 Å². The maximum absolute atomic E-state index is 4.21. The molecular formula is C15H20N2. The summed E-state index contributed by atoms with van der Waals surface area (Å²) in [5.41, 5.74) is 5.38. The molecule has 0 aliphatic carbocycles. The van der Waals surface area contributed by atoms with Crippen LogP contribution in [0.4, 0.5) is 0 Å². The lowest BCUT2D eigenvalue weighted by Gasteiger charge is -2.22. The molecule has 2 heteroatoms. The third-order valence-corrected chi connectivity index (χ3v) is 3.07. The Morgan fingerprint density at radius 3 is 2.29 bits per heavy atom. The molecule has 90 valence electrons. The van der Waals surface area contributed by atoms with Gasteiger partial charge in [-0.15, -0.1) is 0 Å². The Balaban J connectivity index is 2.44. The van der Waals surface area contributed by atoms with Crippen molar-refractivity contribution in [3.63, 3.8) is 0 Å². The van der Waals surface area contributed by atoms with E-state index in [4.69, 9.17) is 0 Å². The smallest absolute Gasteiger partial charge is 0.0568 e. The van der Waals surface area contributed by atoms with Crippen molar-refractivity contribution in [3.05, 3.63) is 41.7 Å². The van der Waals surface area contributed by atoms with E-state index in [1.54, 1.807) is 0 Å². The fourth-order valence-electron chi connectivity index (χ4n) is 2.26. The highest BCUT2D eigenvalue weighted by molar-refractivity contribution is 5.63. The number of hydrogen-bond acceptors (Lipinski definition) is 1. The van der Waals surface area contributed by atoms with Gasteiger partial charge in [-0.3, -0.25) is 4.68 Å². The van der Waals surface area contributed by atoms with Crippen LogP contribution in [0, 0.1) is 6.92 Å². The van der Waals surface area contributed by atoms with E-state index < -0.39 is 0 Å². The standard InChI is InChI=1S/C15H20N2/c1-11-8-12(13-9-16-17(5)10-13)6-7-14(11)15(2,3)4/h6-10H,1-5H3. The van der Waals surface area contributed by atoms with Gasteiger partial charge in [-0.1, -0.05) is 39.0 Å². The lowest BCUT2D eigenvalue weighted by atomic mass is 9.83. The molecule has 0 unspecified atom stereocenters. The number of rotatable bonds is 1. The number of hydrogen-bond donors (Lipinski definition) is 0. The van der Waals surface area contributed by atoms with Crippen molar-refractivity contribution < 1.29 is 0 Å². The van der Waals surface area contributed by atoms with Gasteiger partial charge < -0.3 is 0 Å². The number of aromatic nitrogens is 2. The molecule has 1 aromatic heterocycles. The number of benzene rings is 1. The number of aryl methyl sites for hydroxylation is 2. The molecule has 1 aromatic carbocycles. The maximum Gasteiger partial charge on any atom is 0.0568 e. The van der Waals surface area contributed by atoms with Gasteiger partial charge in [0.15, 0.2) is 0 Å². The molecule has 0 N–H and O–H groups in total. The summed E-state index contributed by atoms with van der Waals surface area (Å²) in [6.45, 7) is 8.93. The average Bonchev–Trinajstić information content (AvgIpc) is 2.62. The van der Waals surface area contributed by atoms with Crippen molar-refractivity contribution in [1.29, 1.82) is 0 Å². The minimum atomic E-state index is 0.206. The van der Waals surface area contributed by atoms with Crippen LogP contribution < -0.4 is 0 Å². The zero-order chi connectivity index (χ0) is 12.6. The quantitative estimate of drug-likeness (QED) is 0.728. The minimum absolute atomic E-state index is 0.206. The second-order valence-electron chi connectivity index (χ2n) is 5.68. The first-order valence-electron chi connectivity index (χ1n) is 5.98. The van der Waals surface area contributed by atoms with E-state index in [0.29, 0.717) is 0 Å². The summed E-state index contributed by atoms with van der Waals surface area (Å²) in [6, 6.07) is 6.67. The van der Waals surface area contributed by atoms with Gasteiger partial charge in [-0.25, -0.2) is 0 Å². The highest BCUT2D eigenvalue weighted by Crippen LogP contribution is 2.29. The van der Waals surface area contributed by atoms with Gasteiger partial charge in [-0.2, -0.15) is 5.10 Å². The maximum atomic E-state index is 4.21. The monoisotopic (exact) mass is 228 g/mol. The molecule has 17 heavy (non-hydrogen) atoms. The van der Waals surface area contributed by atoms with Crippen molar-refractivity contribution in [2.24, 2.45) is 7.05 Å². The molecule has 2 rings (SSSR count). The highest BCUT2D eigenvalue weighted by atomic mass is 15.2.